The van der Waals surface area contributed by atoms with Gasteiger partial charge < -0.3 is 4.57 Å². The Labute approximate surface area is 136 Å². The van der Waals surface area contributed by atoms with Gasteiger partial charge in [0.05, 0.1) is 16.2 Å². The smallest absolute Gasteiger partial charge is 0.302 e. The monoisotopic (exact) mass is 354 g/mol. The molecule has 1 aromatic carbocycles. The zero-order valence-electron chi connectivity index (χ0n) is 13.0. The van der Waals surface area contributed by atoms with Crippen molar-refractivity contribution in [2.24, 2.45) is 14.1 Å². The standard InChI is InChI=1S/C13H14N4O6S/c1-8-9(5-4-6-10(8)17(20)21)14-24(22,23)11-7-15(2)13(19)16(3)12(11)18/h4-7,14H,1-3H3. The first-order valence-electron chi connectivity index (χ1n) is 6.59. The first-order valence-corrected chi connectivity index (χ1v) is 8.08. The lowest BCUT2D eigenvalue weighted by atomic mass is 10.2. The van der Waals surface area contributed by atoms with E-state index in [1.165, 1.54) is 32.2 Å². The second-order valence-electron chi connectivity index (χ2n) is 5.06. The van der Waals surface area contributed by atoms with Crippen LogP contribution in [0.25, 0.3) is 0 Å². The maximum absolute atomic E-state index is 12.5. The van der Waals surface area contributed by atoms with Gasteiger partial charge in [0.1, 0.15) is 0 Å². The van der Waals surface area contributed by atoms with Crippen LogP contribution in [0.5, 0.6) is 0 Å². The predicted octanol–water partition coefficient (Wildman–Crippen LogP) is 0.101. The zero-order chi connectivity index (χ0) is 18.2. The lowest BCUT2D eigenvalue weighted by Crippen LogP contribution is -2.40. The number of benzene rings is 1. The molecule has 2 rings (SSSR count). The third-order valence-corrected chi connectivity index (χ3v) is 4.80. The van der Waals surface area contributed by atoms with E-state index in [2.05, 4.69) is 4.72 Å². The number of nitro groups is 1. The highest BCUT2D eigenvalue weighted by Crippen LogP contribution is 2.26. The van der Waals surface area contributed by atoms with E-state index in [9.17, 15) is 28.1 Å². The number of hydrogen-bond acceptors (Lipinski definition) is 6. The molecule has 24 heavy (non-hydrogen) atoms. The van der Waals surface area contributed by atoms with Crippen molar-refractivity contribution in [2.45, 2.75) is 11.8 Å². The highest BCUT2D eigenvalue weighted by Gasteiger charge is 2.23. The summed E-state index contributed by atoms with van der Waals surface area (Å²) in [5.41, 5.74) is -1.85. The number of aromatic nitrogens is 2. The fourth-order valence-corrected chi connectivity index (χ4v) is 3.38. The Kier molecular flexibility index (Phi) is 4.30. The number of nitrogens with one attached hydrogen (secondary N) is 1. The molecule has 2 aromatic rings. The minimum absolute atomic E-state index is 0.0277. The molecule has 0 atom stereocenters. The van der Waals surface area contributed by atoms with Crippen molar-refractivity contribution in [1.82, 2.24) is 9.13 Å². The van der Waals surface area contributed by atoms with Crippen LogP contribution in [-0.4, -0.2) is 22.5 Å². The van der Waals surface area contributed by atoms with Crippen molar-refractivity contribution in [1.29, 1.82) is 0 Å². The lowest BCUT2D eigenvalue weighted by molar-refractivity contribution is -0.385. The maximum Gasteiger partial charge on any atom is 0.330 e. The van der Waals surface area contributed by atoms with Gasteiger partial charge in [0.15, 0.2) is 4.90 Å². The Morgan fingerprint density at radius 1 is 1.21 bits per heavy atom. The summed E-state index contributed by atoms with van der Waals surface area (Å²) in [6.07, 6.45) is 0.902. The molecule has 0 aliphatic heterocycles. The molecule has 1 N–H and O–H groups in total. The van der Waals surface area contributed by atoms with Gasteiger partial charge in [-0.2, -0.15) is 0 Å². The van der Waals surface area contributed by atoms with Crippen LogP contribution in [0.4, 0.5) is 11.4 Å². The summed E-state index contributed by atoms with van der Waals surface area (Å²) in [4.78, 5) is 33.3. The third kappa shape index (κ3) is 2.93. The topological polar surface area (TPSA) is 133 Å². The Balaban J connectivity index is 2.60. The summed E-state index contributed by atoms with van der Waals surface area (Å²) >= 11 is 0. The molecule has 0 bridgehead atoms. The molecule has 1 aromatic heterocycles. The van der Waals surface area contributed by atoms with Crippen molar-refractivity contribution in [2.75, 3.05) is 4.72 Å². The maximum atomic E-state index is 12.5. The molecule has 0 fully saturated rings. The van der Waals surface area contributed by atoms with E-state index in [1.54, 1.807) is 0 Å². The van der Waals surface area contributed by atoms with Crippen molar-refractivity contribution in [3.63, 3.8) is 0 Å². The van der Waals surface area contributed by atoms with Crippen LogP contribution in [0.2, 0.25) is 0 Å². The highest BCUT2D eigenvalue weighted by atomic mass is 32.2. The molecular weight excluding hydrogens is 340 g/mol. The van der Waals surface area contributed by atoms with Crippen LogP contribution in [0.15, 0.2) is 38.9 Å². The summed E-state index contributed by atoms with van der Waals surface area (Å²) in [6.45, 7) is 1.38. The molecule has 0 aliphatic carbocycles. The molecule has 11 heteroatoms. The van der Waals surface area contributed by atoms with Gasteiger partial charge >= 0.3 is 5.69 Å². The van der Waals surface area contributed by atoms with Gasteiger partial charge in [-0.25, -0.2) is 13.2 Å². The van der Waals surface area contributed by atoms with Gasteiger partial charge in [-0.3, -0.25) is 24.2 Å². The minimum atomic E-state index is -4.34. The normalized spacial score (nSPS) is 11.3. The first kappa shape index (κ1) is 17.4. The van der Waals surface area contributed by atoms with Gasteiger partial charge in [-0.05, 0) is 13.0 Å². The van der Waals surface area contributed by atoms with Crippen molar-refractivity contribution >= 4 is 21.4 Å². The SMILES string of the molecule is Cc1c(NS(=O)(=O)c2cn(C)c(=O)n(C)c2=O)cccc1[N+](=O)[O-]. The van der Waals surface area contributed by atoms with E-state index in [0.717, 1.165) is 17.8 Å². The molecule has 1 heterocycles. The van der Waals surface area contributed by atoms with Gasteiger partial charge in [-0.15, -0.1) is 0 Å². The van der Waals surface area contributed by atoms with E-state index in [0.29, 0.717) is 4.57 Å². The summed E-state index contributed by atoms with van der Waals surface area (Å²) in [5, 5.41) is 10.9. The number of hydrogen-bond donors (Lipinski definition) is 1. The fourth-order valence-electron chi connectivity index (χ4n) is 2.09. The molecule has 0 aliphatic rings. The van der Waals surface area contributed by atoms with Crippen LogP contribution in [0, 0.1) is 17.0 Å². The molecule has 0 spiro atoms. The summed E-state index contributed by atoms with van der Waals surface area (Å²) in [6, 6.07) is 3.90. The Hall–Kier alpha value is -2.95. The molecule has 0 saturated carbocycles. The van der Waals surface area contributed by atoms with Gasteiger partial charge in [0.25, 0.3) is 21.3 Å². The first-order chi connectivity index (χ1) is 11.1. The van der Waals surface area contributed by atoms with E-state index < -0.39 is 31.1 Å². The van der Waals surface area contributed by atoms with Crippen LogP contribution in [-0.2, 0) is 24.1 Å². The largest absolute Gasteiger partial charge is 0.330 e. The zero-order valence-corrected chi connectivity index (χ0v) is 13.8. The molecule has 10 nitrogen and oxygen atoms in total. The van der Waals surface area contributed by atoms with Crippen LogP contribution >= 0.6 is 0 Å². The molecular formula is C13H14N4O6S. The van der Waals surface area contributed by atoms with Crippen molar-refractivity contribution in [3.05, 3.63) is 60.9 Å². The molecule has 0 unspecified atom stereocenters. The predicted molar refractivity (Wildman–Crippen MR) is 85.6 cm³/mol. The van der Waals surface area contributed by atoms with E-state index in [-0.39, 0.29) is 16.9 Å². The van der Waals surface area contributed by atoms with Crippen LogP contribution in [0.3, 0.4) is 0 Å². The average Bonchev–Trinajstić information content (AvgIpc) is 2.50. The average molecular weight is 354 g/mol. The second kappa shape index (κ2) is 5.92. The number of nitro benzene ring substituents is 1. The van der Waals surface area contributed by atoms with E-state index >= 15 is 0 Å². The van der Waals surface area contributed by atoms with Crippen LogP contribution < -0.4 is 16.0 Å². The summed E-state index contributed by atoms with van der Waals surface area (Å²) in [5.74, 6) is 0. The Morgan fingerprint density at radius 2 is 1.83 bits per heavy atom. The van der Waals surface area contributed by atoms with Gasteiger partial charge in [-0.1, -0.05) is 6.07 Å². The molecule has 0 radical (unpaired) electrons. The summed E-state index contributed by atoms with van der Waals surface area (Å²) < 4.78 is 28.7. The Morgan fingerprint density at radius 3 is 2.42 bits per heavy atom. The quantitative estimate of drug-likeness (QED) is 0.611. The fraction of sp³-hybridized carbons (Fsp3) is 0.231. The third-order valence-electron chi connectivity index (χ3n) is 3.45. The molecule has 128 valence electrons. The lowest BCUT2D eigenvalue weighted by Gasteiger charge is -2.11. The van der Waals surface area contributed by atoms with Crippen LogP contribution in [0.1, 0.15) is 5.56 Å². The number of sulfonamides is 1. The highest BCUT2D eigenvalue weighted by molar-refractivity contribution is 7.92. The number of rotatable bonds is 4. The van der Waals surface area contributed by atoms with E-state index in [1.807, 2.05) is 0 Å². The van der Waals surface area contributed by atoms with Gasteiger partial charge in [0.2, 0.25) is 0 Å². The minimum Gasteiger partial charge on any atom is -0.302 e. The van der Waals surface area contributed by atoms with Gasteiger partial charge in [0, 0.05) is 26.4 Å². The molecule has 0 amide bonds. The Bertz CT molecular complexity index is 1050. The number of aryl methyl sites for hydroxylation is 1. The van der Waals surface area contributed by atoms with E-state index in [4.69, 9.17) is 0 Å². The van der Waals surface area contributed by atoms with Crippen molar-refractivity contribution in [3.8, 4) is 0 Å². The second-order valence-corrected chi connectivity index (χ2v) is 6.71. The summed E-state index contributed by atoms with van der Waals surface area (Å²) in [7, 11) is -1.88. The molecule has 0 saturated heterocycles. The van der Waals surface area contributed by atoms with Crippen molar-refractivity contribution < 1.29 is 13.3 Å². The number of anilines is 1. The number of nitrogens with zero attached hydrogens (tertiary/aromatic N) is 3.